The molecule has 7 heteroatoms. The van der Waals surface area contributed by atoms with Crippen LogP contribution in [0, 0.1) is 12.8 Å². The Morgan fingerprint density at radius 1 is 1.40 bits per heavy atom. The van der Waals surface area contributed by atoms with Gasteiger partial charge in [0.15, 0.2) is 11.6 Å². The monoisotopic (exact) mass is 274 g/mol. The second kappa shape index (κ2) is 5.44. The van der Waals surface area contributed by atoms with Crippen molar-refractivity contribution in [2.24, 2.45) is 5.92 Å². The van der Waals surface area contributed by atoms with Crippen LogP contribution >= 0.6 is 0 Å². The summed E-state index contributed by atoms with van der Waals surface area (Å²) in [4.78, 5) is 6.68. The molecular formula is C13H18N6O. The lowest BCUT2D eigenvalue weighted by atomic mass is 10.0. The van der Waals surface area contributed by atoms with Gasteiger partial charge in [-0.25, -0.2) is 0 Å². The normalized spacial score (nSPS) is 19.1. The van der Waals surface area contributed by atoms with Gasteiger partial charge in [-0.2, -0.15) is 10.1 Å². The van der Waals surface area contributed by atoms with Crippen LogP contribution in [-0.4, -0.2) is 33.4 Å². The lowest BCUT2D eigenvalue weighted by Gasteiger charge is -2.30. The highest BCUT2D eigenvalue weighted by Gasteiger charge is 2.19. The molecule has 106 valence electrons. The number of anilines is 3. The molecule has 0 aromatic carbocycles. The van der Waals surface area contributed by atoms with Crippen LogP contribution in [0.3, 0.4) is 0 Å². The summed E-state index contributed by atoms with van der Waals surface area (Å²) in [6.45, 7) is 6.06. The van der Waals surface area contributed by atoms with E-state index >= 15 is 0 Å². The number of nitrogens with zero attached hydrogens (tertiary/aromatic N) is 5. The van der Waals surface area contributed by atoms with Crippen LogP contribution in [0.15, 0.2) is 16.8 Å². The van der Waals surface area contributed by atoms with Gasteiger partial charge in [0.2, 0.25) is 5.95 Å². The quantitative estimate of drug-likeness (QED) is 0.918. The third-order valence-corrected chi connectivity index (χ3v) is 3.37. The molecule has 2 aromatic rings. The van der Waals surface area contributed by atoms with Crippen molar-refractivity contribution in [2.45, 2.75) is 26.7 Å². The van der Waals surface area contributed by atoms with E-state index in [1.165, 1.54) is 12.8 Å². The van der Waals surface area contributed by atoms with Crippen LogP contribution in [0.25, 0.3) is 0 Å². The summed E-state index contributed by atoms with van der Waals surface area (Å²) in [7, 11) is 0. The number of rotatable bonds is 3. The highest BCUT2D eigenvalue weighted by molar-refractivity contribution is 5.51. The van der Waals surface area contributed by atoms with Crippen LogP contribution in [0.1, 0.15) is 25.5 Å². The van der Waals surface area contributed by atoms with Crippen molar-refractivity contribution in [3.8, 4) is 0 Å². The van der Waals surface area contributed by atoms with Gasteiger partial charge < -0.3 is 14.7 Å². The lowest BCUT2D eigenvalue weighted by Crippen LogP contribution is -2.35. The van der Waals surface area contributed by atoms with E-state index in [1.807, 2.05) is 13.0 Å². The lowest BCUT2D eigenvalue weighted by molar-refractivity contribution is 0.400. The zero-order chi connectivity index (χ0) is 13.9. The minimum Gasteiger partial charge on any atom is -0.360 e. The Morgan fingerprint density at radius 2 is 2.30 bits per heavy atom. The van der Waals surface area contributed by atoms with Crippen molar-refractivity contribution >= 4 is 17.6 Å². The predicted octanol–water partition coefficient (Wildman–Crippen LogP) is 2.15. The van der Waals surface area contributed by atoms with Gasteiger partial charge in [0.05, 0.1) is 6.20 Å². The van der Waals surface area contributed by atoms with E-state index in [2.05, 4.69) is 37.5 Å². The van der Waals surface area contributed by atoms with Gasteiger partial charge in [0.1, 0.15) is 5.76 Å². The molecule has 0 spiro atoms. The van der Waals surface area contributed by atoms with E-state index in [-0.39, 0.29) is 0 Å². The van der Waals surface area contributed by atoms with Crippen LogP contribution < -0.4 is 10.2 Å². The third-order valence-electron chi connectivity index (χ3n) is 3.37. The van der Waals surface area contributed by atoms with E-state index in [9.17, 15) is 0 Å². The second-order valence-electron chi connectivity index (χ2n) is 5.28. The molecule has 2 aromatic heterocycles. The average Bonchev–Trinajstić information content (AvgIpc) is 2.84. The summed E-state index contributed by atoms with van der Waals surface area (Å²) >= 11 is 0. The van der Waals surface area contributed by atoms with Gasteiger partial charge in [-0.15, -0.1) is 5.10 Å². The largest absolute Gasteiger partial charge is 0.360 e. The molecule has 1 unspecified atom stereocenters. The van der Waals surface area contributed by atoms with E-state index in [0.29, 0.717) is 23.5 Å². The summed E-state index contributed by atoms with van der Waals surface area (Å²) in [6, 6.07) is 1.81. The zero-order valence-corrected chi connectivity index (χ0v) is 11.7. The van der Waals surface area contributed by atoms with Gasteiger partial charge in [-0.1, -0.05) is 12.1 Å². The maximum Gasteiger partial charge on any atom is 0.247 e. The highest BCUT2D eigenvalue weighted by Crippen LogP contribution is 2.21. The Morgan fingerprint density at radius 3 is 3.05 bits per heavy atom. The van der Waals surface area contributed by atoms with Crippen molar-refractivity contribution in [2.75, 3.05) is 23.3 Å². The average molecular weight is 274 g/mol. The Hall–Kier alpha value is -2.18. The van der Waals surface area contributed by atoms with Gasteiger partial charge in [0.25, 0.3) is 0 Å². The molecule has 0 saturated carbocycles. The SMILES string of the molecule is Cc1cc(Nc2cnnc(N3CCCC(C)C3)n2)no1. The van der Waals surface area contributed by atoms with Crippen molar-refractivity contribution in [1.29, 1.82) is 0 Å². The van der Waals surface area contributed by atoms with Crippen LogP contribution in [0.4, 0.5) is 17.6 Å². The first kappa shape index (κ1) is 12.8. The summed E-state index contributed by atoms with van der Waals surface area (Å²) in [5, 5.41) is 15.1. The maximum absolute atomic E-state index is 5.01. The van der Waals surface area contributed by atoms with Gasteiger partial charge in [-0.3, -0.25) is 0 Å². The molecule has 3 heterocycles. The molecule has 0 amide bonds. The molecule has 0 aliphatic carbocycles. The maximum atomic E-state index is 5.01. The molecule has 1 fully saturated rings. The fourth-order valence-corrected chi connectivity index (χ4v) is 2.42. The van der Waals surface area contributed by atoms with Gasteiger partial charge >= 0.3 is 0 Å². The van der Waals surface area contributed by atoms with Gasteiger partial charge in [-0.05, 0) is 25.7 Å². The number of aromatic nitrogens is 4. The van der Waals surface area contributed by atoms with E-state index < -0.39 is 0 Å². The molecule has 3 rings (SSSR count). The summed E-state index contributed by atoms with van der Waals surface area (Å²) < 4.78 is 5.01. The second-order valence-corrected chi connectivity index (χ2v) is 5.28. The highest BCUT2D eigenvalue weighted by atomic mass is 16.5. The topological polar surface area (TPSA) is 80.0 Å². The molecular weight excluding hydrogens is 256 g/mol. The summed E-state index contributed by atoms with van der Waals surface area (Å²) in [5.41, 5.74) is 0. The van der Waals surface area contributed by atoms with Crippen LogP contribution in [0.5, 0.6) is 0 Å². The molecule has 0 radical (unpaired) electrons. The van der Waals surface area contributed by atoms with Crippen molar-refractivity contribution in [1.82, 2.24) is 20.3 Å². The Balaban J connectivity index is 1.75. The van der Waals surface area contributed by atoms with Crippen LogP contribution in [0.2, 0.25) is 0 Å². The molecule has 1 saturated heterocycles. The fourth-order valence-electron chi connectivity index (χ4n) is 2.42. The van der Waals surface area contributed by atoms with Gasteiger partial charge in [0, 0.05) is 19.2 Å². The Labute approximate surface area is 117 Å². The van der Waals surface area contributed by atoms with E-state index in [1.54, 1.807) is 6.20 Å². The minimum atomic E-state index is 0.626. The summed E-state index contributed by atoms with van der Waals surface area (Å²) in [6.07, 6.45) is 4.02. The summed E-state index contributed by atoms with van der Waals surface area (Å²) in [5.74, 6) is 3.34. The number of nitrogens with one attached hydrogen (secondary N) is 1. The first-order valence-electron chi connectivity index (χ1n) is 6.86. The minimum absolute atomic E-state index is 0.626. The molecule has 1 aliphatic rings. The number of hydrogen-bond donors (Lipinski definition) is 1. The first-order valence-corrected chi connectivity index (χ1v) is 6.86. The molecule has 1 atom stereocenters. The number of hydrogen-bond acceptors (Lipinski definition) is 7. The zero-order valence-electron chi connectivity index (χ0n) is 11.7. The van der Waals surface area contributed by atoms with Crippen molar-refractivity contribution in [3.05, 3.63) is 18.0 Å². The first-order chi connectivity index (χ1) is 9.70. The van der Waals surface area contributed by atoms with Crippen LogP contribution in [-0.2, 0) is 0 Å². The standard InChI is InChI=1S/C13H18N6O/c1-9-4-3-5-19(8-9)13-16-12(7-14-17-13)15-11-6-10(2)20-18-11/h6-7,9H,3-5,8H2,1-2H3,(H,15,16,17,18). The molecule has 1 N–H and O–H groups in total. The Bertz CT molecular complexity index is 584. The molecule has 1 aliphatic heterocycles. The third kappa shape index (κ3) is 2.87. The van der Waals surface area contributed by atoms with E-state index in [0.717, 1.165) is 18.8 Å². The molecule has 7 nitrogen and oxygen atoms in total. The van der Waals surface area contributed by atoms with E-state index in [4.69, 9.17) is 4.52 Å². The smallest absolute Gasteiger partial charge is 0.247 e. The molecule has 0 bridgehead atoms. The Kier molecular flexibility index (Phi) is 3.49. The van der Waals surface area contributed by atoms with Crippen molar-refractivity contribution < 1.29 is 4.52 Å². The number of aryl methyl sites for hydroxylation is 1. The predicted molar refractivity (Wildman–Crippen MR) is 75.0 cm³/mol. The fraction of sp³-hybridized carbons (Fsp3) is 0.538. The molecule has 20 heavy (non-hydrogen) atoms. The van der Waals surface area contributed by atoms with Crippen molar-refractivity contribution in [3.63, 3.8) is 0 Å². The number of piperidine rings is 1.